The summed E-state index contributed by atoms with van der Waals surface area (Å²) in [5.74, 6) is -2.39. The molecule has 1 aromatic rings. The van der Waals surface area contributed by atoms with Crippen LogP contribution in [-0.2, 0) is 0 Å². The third-order valence-electron chi connectivity index (χ3n) is 3.39. The number of carbonyl (C=O) groups is 1. The smallest absolute Gasteiger partial charge is 0.391 e. The molecule has 110 valence electrons. The fraction of sp³-hybridized carbons (Fsp3) is 0.462. The number of phenolic OH excluding ortho intramolecular Hbond substituents is 2. The van der Waals surface area contributed by atoms with E-state index in [1.165, 1.54) is 17.0 Å². The molecule has 20 heavy (non-hydrogen) atoms. The van der Waals surface area contributed by atoms with Crippen molar-refractivity contribution in [2.45, 2.75) is 19.0 Å². The van der Waals surface area contributed by atoms with Crippen LogP contribution in [0.3, 0.4) is 0 Å². The minimum absolute atomic E-state index is 0.0133. The van der Waals surface area contributed by atoms with Gasteiger partial charge in [0, 0.05) is 24.7 Å². The van der Waals surface area contributed by atoms with Gasteiger partial charge in [-0.2, -0.15) is 13.2 Å². The number of nitrogens with zero attached hydrogens (tertiary/aromatic N) is 1. The number of likely N-dealkylation sites (tertiary alicyclic amines) is 1. The summed E-state index contributed by atoms with van der Waals surface area (Å²) in [5.41, 5.74) is 0.0629. The molecular formula is C13H14F3NO3. The molecule has 4 nitrogen and oxygen atoms in total. The van der Waals surface area contributed by atoms with Crippen molar-refractivity contribution in [3.63, 3.8) is 0 Å². The number of phenols is 2. The molecule has 0 radical (unpaired) electrons. The van der Waals surface area contributed by atoms with Crippen molar-refractivity contribution in [1.29, 1.82) is 0 Å². The van der Waals surface area contributed by atoms with Gasteiger partial charge >= 0.3 is 6.18 Å². The van der Waals surface area contributed by atoms with E-state index in [0.29, 0.717) is 0 Å². The van der Waals surface area contributed by atoms with Gasteiger partial charge in [0.2, 0.25) is 0 Å². The molecule has 0 spiro atoms. The molecular weight excluding hydrogens is 275 g/mol. The van der Waals surface area contributed by atoms with Crippen molar-refractivity contribution in [1.82, 2.24) is 4.90 Å². The van der Waals surface area contributed by atoms with E-state index in [4.69, 9.17) is 0 Å². The van der Waals surface area contributed by atoms with Gasteiger partial charge in [0.05, 0.1) is 5.92 Å². The lowest BCUT2D eigenvalue weighted by molar-refractivity contribution is -0.183. The number of amides is 1. The topological polar surface area (TPSA) is 60.8 Å². The number of aromatic hydroxyl groups is 2. The lowest BCUT2D eigenvalue weighted by Crippen LogP contribution is -2.42. The predicted octanol–water partition coefficient (Wildman–Crippen LogP) is 2.51. The van der Waals surface area contributed by atoms with Crippen LogP contribution in [-0.4, -0.2) is 40.3 Å². The number of rotatable bonds is 1. The van der Waals surface area contributed by atoms with Gasteiger partial charge in [-0.15, -0.1) is 0 Å². The lowest BCUT2D eigenvalue weighted by atomic mass is 9.96. The molecule has 7 heteroatoms. The van der Waals surface area contributed by atoms with Crippen LogP contribution >= 0.6 is 0 Å². The quantitative estimate of drug-likeness (QED) is 0.835. The van der Waals surface area contributed by atoms with Gasteiger partial charge in [0.15, 0.2) is 0 Å². The molecule has 1 heterocycles. The summed E-state index contributed by atoms with van der Waals surface area (Å²) >= 11 is 0. The molecule has 0 aromatic heterocycles. The summed E-state index contributed by atoms with van der Waals surface area (Å²) in [6, 6.07) is 3.43. The van der Waals surface area contributed by atoms with E-state index >= 15 is 0 Å². The molecule has 0 saturated carbocycles. The Hall–Kier alpha value is -1.92. The maximum atomic E-state index is 12.5. The van der Waals surface area contributed by atoms with E-state index in [0.717, 1.165) is 6.07 Å². The fourth-order valence-electron chi connectivity index (χ4n) is 2.31. The van der Waals surface area contributed by atoms with Gasteiger partial charge in [-0.1, -0.05) is 0 Å². The van der Waals surface area contributed by atoms with Gasteiger partial charge in [0.1, 0.15) is 11.5 Å². The summed E-state index contributed by atoms with van der Waals surface area (Å²) in [7, 11) is 0. The molecule has 0 bridgehead atoms. The zero-order valence-corrected chi connectivity index (χ0v) is 10.5. The highest BCUT2D eigenvalue weighted by Gasteiger charge is 2.41. The Bertz CT molecular complexity index is 488. The summed E-state index contributed by atoms with van der Waals surface area (Å²) < 4.78 is 37.6. The summed E-state index contributed by atoms with van der Waals surface area (Å²) in [6.07, 6.45) is -4.47. The maximum absolute atomic E-state index is 12.5. The maximum Gasteiger partial charge on any atom is 0.391 e. The van der Waals surface area contributed by atoms with E-state index in [9.17, 15) is 28.2 Å². The number of benzene rings is 1. The molecule has 1 amide bonds. The fourth-order valence-corrected chi connectivity index (χ4v) is 2.31. The minimum Gasteiger partial charge on any atom is -0.508 e. The van der Waals surface area contributed by atoms with Crippen LogP contribution in [0.1, 0.15) is 23.2 Å². The first-order valence-corrected chi connectivity index (χ1v) is 6.16. The van der Waals surface area contributed by atoms with Crippen LogP contribution in [0.15, 0.2) is 18.2 Å². The van der Waals surface area contributed by atoms with Crippen LogP contribution < -0.4 is 0 Å². The second-order valence-electron chi connectivity index (χ2n) is 4.85. The Morgan fingerprint density at radius 2 is 1.60 bits per heavy atom. The first-order chi connectivity index (χ1) is 9.27. The molecule has 1 aliphatic rings. The van der Waals surface area contributed by atoms with E-state index in [1.54, 1.807) is 0 Å². The van der Waals surface area contributed by atoms with Crippen LogP contribution in [0.2, 0.25) is 0 Å². The van der Waals surface area contributed by atoms with E-state index in [2.05, 4.69) is 0 Å². The van der Waals surface area contributed by atoms with Crippen molar-refractivity contribution < 1.29 is 28.2 Å². The predicted molar refractivity (Wildman–Crippen MR) is 64.5 cm³/mol. The molecule has 1 aromatic carbocycles. The molecule has 2 N–H and O–H groups in total. The van der Waals surface area contributed by atoms with Gasteiger partial charge in [-0.3, -0.25) is 4.79 Å². The second kappa shape index (κ2) is 5.22. The number of alkyl halides is 3. The molecule has 1 fully saturated rings. The van der Waals surface area contributed by atoms with Crippen LogP contribution in [0.5, 0.6) is 11.5 Å². The zero-order valence-electron chi connectivity index (χ0n) is 10.5. The monoisotopic (exact) mass is 289 g/mol. The van der Waals surface area contributed by atoms with E-state index < -0.39 is 18.0 Å². The number of halogens is 3. The molecule has 2 rings (SSSR count). The van der Waals surface area contributed by atoms with Gasteiger partial charge in [-0.25, -0.2) is 0 Å². The van der Waals surface area contributed by atoms with E-state index in [-0.39, 0.29) is 43.0 Å². The average molecular weight is 289 g/mol. The second-order valence-corrected chi connectivity index (χ2v) is 4.85. The Balaban J connectivity index is 2.05. The van der Waals surface area contributed by atoms with Gasteiger partial charge in [0.25, 0.3) is 5.91 Å². The number of carbonyl (C=O) groups excluding carboxylic acids is 1. The first-order valence-electron chi connectivity index (χ1n) is 6.16. The first kappa shape index (κ1) is 14.5. The molecule has 1 aliphatic heterocycles. The number of hydrogen-bond donors (Lipinski definition) is 2. The summed E-state index contributed by atoms with van der Waals surface area (Å²) in [4.78, 5) is 13.4. The highest BCUT2D eigenvalue weighted by atomic mass is 19.4. The van der Waals surface area contributed by atoms with Crippen molar-refractivity contribution in [3.8, 4) is 11.5 Å². The lowest BCUT2D eigenvalue weighted by Gasteiger charge is -2.33. The van der Waals surface area contributed by atoms with Crippen LogP contribution in [0.25, 0.3) is 0 Å². The highest BCUT2D eigenvalue weighted by molar-refractivity contribution is 5.95. The summed E-state index contributed by atoms with van der Waals surface area (Å²) in [6.45, 7) is 0.0266. The van der Waals surface area contributed by atoms with Crippen molar-refractivity contribution in [2.75, 3.05) is 13.1 Å². The van der Waals surface area contributed by atoms with Crippen LogP contribution in [0.4, 0.5) is 13.2 Å². The number of piperidine rings is 1. The van der Waals surface area contributed by atoms with E-state index in [1.807, 2.05) is 0 Å². The Labute approximate surface area is 113 Å². The standard InChI is InChI=1S/C13H14F3NO3/c14-13(15,16)9-1-3-17(4-2-9)12(20)8-5-10(18)7-11(19)6-8/h5-7,9,18-19H,1-4H2. The zero-order chi connectivity index (χ0) is 14.9. The largest absolute Gasteiger partial charge is 0.508 e. The van der Waals surface area contributed by atoms with Crippen molar-refractivity contribution in [3.05, 3.63) is 23.8 Å². The molecule has 0 atom stereocenters. The Kier molecular flexibility index (Phi) is 3.78. The molecule has 0 aliphatic carbocycles. The highest BCUT2D eigenvalue weighted by Crippen LogP contribution is 2.34. The summed E-state index contributed by atoms with van der Waals surface area (Å²) in [5, 5.41) is 18.6. The minimum atomic E-state index is -4.22. The Morgan fingerprint density at radius 1 is 1.10 bits per heavy atom. The van der Waals surface area contributed by atoms with Gasteiger partial charge in [-0.05, 0) is 25.0 Å². The van der Waals surface area contributed by atoms with Gasteiger partial charge < -0.3 is 15.1 Å². The third-order valence-corrected chi connectivity index (χ3v) is 3.39. The van der Waals surface area contributed by atoms with Crippen molar-refractivity contribution >= 4 is 5.91 Å². The number of hydrogen-bond acceptors (Lipinski definition) is 3. The van der Waals surface area contributed by atoms with Crippen LogP contribution in [0, 0.1) is 5.92 Å². The normalized spacial score (nSPS) is 17.2. The molecule has 0 unspecified atom stereocenters. The Morgan fingerprint density at radius 3 is 2.05 bits per heavy atom. The third kappa shape index (κ3) is 3.15. The van der Waals surface area contributed by atoms with Crippen molar-refractivity contribution in [2.24, 2.45) is 5.92 Å². The molecule has 1 saturated heterocycles. The average Bonchev–Trinajstić information content (AvgIpc) is 2.36. The SMILES string of the molecule is O=C(c1cc(O)cc(O)c1)N1CCC(C(F)(F)F)CC1.